The normalized spacial score (nSPS) is 11.6. The van der Waals surface area contributed by atoms with E-state index in [0.717, 1.165) is 0 Å². The van der Waals surface area contributed by atoms with E-state index in [2.05, 4.69) is 5.16 Å². The summed E-state index contributed by atoms with van der Waals surface area (Å²) < 4.78 is 0. The molecule has 11 heavy (non-hydrogen) atoms. The Labute approximate surface area is 64.5 Å². The van der Waals surface area contributed by atoms with Gasteiger partial charge in [-0.3, -0.25) is 0 Å². The van der Waals surface area contributed by atoms with Gasteiger partial charge in [-0.15, -0.1) is 0 Å². The first-order valence-electron chi connectivity index (χ1n) is 3.20. The second-order valence-corrected chi connectivity index (χ2v) is 1.89. The minimum atomic E-state index is -0.104. The first kappa shape index (κ1) is 9.99. The molecule has 0 aliphatic carbocycles. The van der Waals surface area contributed by atoms with Crippen LogP contribution in [0.15, 0.2) is 5.16 Å². The lowest BCUT2D eigenvalue weighted by Crippen LogP contribution is -2.40. The third kappa shape index (κ3) is 3.64. The summed E-state index contributed by atoms with van der Waals surface area (Å²) >= 11 is 0. The zero-order chi connectivity index (χ0) is 8.69. The lowest BCUT2D eigenvalue weighted by atomic mass is 10.5. The lowest BCUT2D eigenvalue weighted by Gasteiger charge is -2.19. The van der Waals surface area contributed by atoms with Crippen molar-refractivity contribution in [3.05, 3.63) is 0 Å². The molecule has 0 bridgehead atoms. The fourth-order valence-corrected chi connectivity index (χ4v) is 0.646. The maximum atomic E-state index is 8.49. The van der Waals surface area contributed by atoms with Crippen LogP contribution in [0.25, 0.3) is 0 Å². The fourth-order valence-electron chi connectivity index (χ4n) is 0.646. The van der Waals surface area contributed by atoms with Crippen LogP contribution in [0.5, 0.6) is 0 Å². The van der Waals surface area contributed by atoms with Crippen LogP contribution in [0.2, 0.25) is 0 Å². The molecule has 0 fully saturated rings. The fraction of sp³-hybridized carbons (Fsp3) is 0.800. The van der Waals surface area contributed by atoms with E-state index in [9.17, 15) is 0 Å². The molecule has 0 aliphatic rings. The number of aliphatic hydroxyl groups excluding tert-OH is 2. The van der Waals surface area contributed by atoms with Crippen LogP contribution in [0, 0.1) is 0 Å². The van der Waals surface area contributed by atoms with Gasteiger partial charge in [-0.05, 0) is 0 Å². The van der Waals surface area contributed by atoms with Gasteiger partial charge >= 0.3 is 0 Å². The number of aliphatic hydroxyl groups is 2. The highest BCUT2D eigenvalue weighted by Crippen LogP contribution is 1.85. The quantitative estimate of drug-likeness (QED) is 0.166. The smallest absolute Gasteiger partial charge is 0.233 e. The first-order chi connectivity index (χ1) is 5.26. The number of guanidine groups is 1. The van der Waals surface area contributed by atoms with E-state index in [4.69, 9.17) is 21.2 Å². The summed E-state index contributed by atoms with van der Waals surface area (Å²) in [7, 11) is 0. The summed E-state index contributed by atoms with van der Waals surface area (Å²) in [4.78, 5) is 1.36. The van der Waals surface area contributed by atoms with E-state index < -0.39 is 0 Å². The van der Waals surface area contributed by atoms with E-state index in [1.165, 1.54) is 4.90 Å². The van der Waals surface area contributed by atoms with Gasteiger partial charge in [-0.2, -0.15) is 0 Å². The van der Waals surface area contributed by atoms with Crippen molar-refractivity contribution >= 4 is 5.96 Å². The van der Waals surface area contributed by atoms with Crippen LogP contribution < -0.4 is 5.73 Å². The van der Waals surface area contributed by atoms with Crippen LogP contribution in [0.3, 0.4) is 0 Å². The van der Waals surface area contributed by atoms with Crippen LogP contribution in [-0.2, 0) is 0 Å². The number of nitrogens with zero attached hydrogens (tertiary/aromatic N) is 2. The molecule has 0 amide bonds. The van der Waals surface area contributed by atoms with Crippen molar-refractivity contribution in [3.8, 4) is 0 Å². The Balaban J connectivity index is 3.87. The Morgan fingerprint density at radius 3 is 2.00 bits per heavy atom. The van der Waals surface area contributed by atoms with E-state index in [0.29, 0.717) is 0 Å². The Morgan fingerprint density at radius 2 is 1.73 bits per heavy atom. The van der Waals surface area contributed by atoms with Gasteiger partial charge in [-0.25, -0.2) is 0 Å². The molecular weight excluding hydrogens is 150 g/mol. The molecule has 5 N–H and O–H groups in total. The molecule has 0 unspecified atom stereocenters. The molecule has 0 aliphatic heterocycles. The topological polar surface area (TPSA) is 102 Å². The monoisotopic (exact) mass is 163 g/mol. The highest BCUT2D eigenvalue weighted by molar-refractivity contribution is 5.77. The number of hydrogen-bond donors (Lipinski definition) is 4. The summed E-state index contributed by atoms with van der Waals surface area (Å²) in [5.41, 5.74) is 5.19. The van der Waals surface area contributed by atoms with Gasteiger partial charge in [-0.1, -0.05) is 5.16 Å². The maximum Gasteiger partial charge on any atom is 0.233 e. The van der Waals surface area contributed by atoms with E-state index in [1.807, 2.05) is 0 Å². The standard InChI is InChI=1S/C5H13N3O3/c6-5(7-11)8(1-3-9)2-4-10/h9-11H,1-4H2,(H2,6,7). The van der Waals surface area contributed by atoms with Crippen molar-refractivity contribution in [3.63, 3.8) is 0 Å². The molecule has 0 spiro atoms. The molecule has 0 heterocycles. The highest BCUT2D eigenvalue weighted by Gasteiger charge is 2.05. The average molecular weight is 163 g/mol. The first-order valence-corrected chi connectivity index (χ1v) is 3.20. The van der Waals surface area contributed by atoms with Crippen LogP contribution in [0.4, 0.5) is 0 Å². The van der Waals surface area contributed by atoms with Crippen molar-refractivity contribution in [2.24, 2.45) is 10.9 Å². The van der Waals surface area contributed by atoms with Gasteiger partial charge in [0.25, 0.3) is 0 Å². The summed E-state index contributed by atoms with van der Waals surface area (Å²) in [5, 5.41) is 27.9. The van der Waals surface area contributed by atoms with Gasteiger partial charge in [0, 0.05) is 13.1 Å². The Bertz CT molecular complexity index is 122. The van der Waals surface area contributed by atoms with Gasteiger partial charge < -0.3 is 26.1 Å². The number of hydrogen-bond acceptors (Lipinski definition) is 4. The number of rotatable bonds is 4. The summed E-state index contributed by atoms with van der Waals surface area (Å²) in [6, 6.07) is 0. The molecule has 0 saturated carbocycles. The van der Waals surface area contributed by atoms with E-state index >= 15 is 0 Å². The Morgan fingerprint density at radius 1 is 1.27 bits per heavy atom. The zero-order valence-electron chi connectivity index (χ0n) is 6.14. The molecule has 0 aromatic carbocycles. The summed E-state index contributed by atoms with van der Waals surface area (Å²) in [5.74, 6) is -0.104. The number of nitrogens with two attached hydrogens (primary N) is 1. The largest absolute Gasteiger partial charge is 0.408 e. The van der Waals surface area contributed by atoms with Gasteiger partial charge in [0.1, 0.15) is 0 Å². The molecule has 0 rings (SSSR count). The Hall–Kier alpha value is -1.01. The van der Waals surface area contributed by atoms with Crippen molar-refractivity contribution in [1.82, 2.24) is 4.90 Å². The van der Waals surface area contributed by atoms with Crippen molar-refractivity contribution < 1.29 is 15.4 Å². The molecule has 0 atom stereocenters. The van der Waals surface area contributed by atoms with Crippen LogP contribution >= 0.6 is 0 Å². The Kier molecular flexibility index (Phi) is 5.22. The van der Waals surface area contributed by atoms with Crippen LogP contribution in [0.1, 0.15) is 0 Å². The second-order valence-electron chi connectivity index (χ2n) is 1.89. The van der Waals surface area contributed by atoms with Crippen molar-refractivity contribution in [2.75, 3.05) is 26.3 Å². The van der Waals surface area contributed by atoms with Crippen molar-refractivity contribution in [1.29, 1.82) is 0 Å². The third-order valence-corrected chi connectivity index (χ3v) is 1.17. The minimum absolute atomic E-state index is 0.101. The zero-order valence-corrected chi connectivity index (χ0v) is 6.14. The highest BCUT2D eigenvalue weighted by atomic mass is 16.4. The summed E-state index contributed by atoms with van der Waals surface area (Å²) in [6.07, 6.45) is 0. The predicted molar refractivity (Wildman–Crippen MR) is 39.2 cm³/mol. The molecule has 6 heteroatoms. The molecule has 0 aromatic rings. The molecule has 0 saturated heterocycles. The van der Waals surface area contributed by atoms with E-state index in [-0.39, 0.29) is 32.3 Å². The summed E-state index contributed by atoms with van der Waals surface area (Å²) in [6.45, 7) is 0.291. The number of oxime groups is 1. The molecule has 0 radical (unpaired) electrons. The third-order valence-electron chi connectivity index (χ3n) is 1.17. The predicted octanol–water partition coefficient (Wildman–Crippen LogP) is -2.02. The van der Waals surface area contributed by atoms with E-state index in [1.54, 1.807) is 0 Å². The molecule has 0 aromatic heterocycles. The van der Waals surface area contributed by atoms with Gasteiger partial charge in [0.2, 0.25) is 5.96 Å². The molecule has 66 valence electrons. The van der Waals surface area contributed by atoms with Gasteiger partial charge in [0.15, 0.2) is 0 Å². The maximum absolute atomic E-state index is 8.49. The second kappa shape index (κ2) is 5.75. The lowest BCUT2D eigenvalue weighted by molar-refractivity contribution is 0.205. The SMILES string of the molecule is N/C(=N\O)N(CCO)CCO. The average Bonchev–Trinajstić information content (AvgIpc) is 2.03. The molecule has 6 nitrogen and oxygen atoms in total. The minimum Gasteiger partial charge on any atom is -0.408 e. The van der Waals surface area contributed by atoms with Gasteiger partial charge in [0.05, 0.1) is 13.2 Å². The van der Waals surface area contributed by atoms with Crippen molar-refractivity contribution in [2.45, 2.75) is 0 Å². The van der Waals surface area contributed by atoms with Crippen LogP contribution in [-0.4, -0.2) is 52.6 Å². The molecular formula is C5H13N3O3.